The summed E-state index contributed by atoms with van der Waals surface area (Å²) in [6.45, 7) is 0.815. The smallest absolute Gasteiger partial charge is 0.307 e. The number of carbonyl (C=O) groups excluding carboxylic acids is 1. The first-order chi connectivity index (χ1) is 13.4. The molecule has 7 nitrogen and oxygen atoms in total. The molecule has 0 aliphatic rings. The Morgan fingerprint density at radius 3 is 2.29 bits per heavy atom. The Labute approximate surface area is 165 Å². The minimum absolute atomic E-state index is 0.0666. The molecule has 8 heteroatoms. The average molecular weight is 407 g/mol. The molecule has 1 N–H and O–H groups in total. The van der Waals surface area contributed by atoms with E-state index < -0.39 is 22.0 Å². The molecule has 2 rings (SSSR count). The largest absolute Gasteiger partial charge is 0.491 e. The number of rotatable bonds is 11. The van der Waals surface area contributed by atoms with Crippen molar-refractivity contribution in [3.05, 3.63) is 60.2 Å². The van der Waals surface area contributed by atoms with Crippen LogP contribution < -0.4 is 9.46 Å². The molecule has 0 aliphatic heterocycles. The van der Waals surface area contributed by atoms with Crippen molar-refractivity contribution < 1.29 is 27.4 Å². The molecule has 152 valence electrons. The molecular weight excluding hydrogens is 382 g/mol. The van der Waals surface area contributed by atoms with Crippen molar-refractivity contribution in [2.75, 3.05) is 27.4 Å². The molecule has 0 unspecified atom stereocenters. The molecule has 0 bridgehead atoms. The molecule has 2 aromatic rings. The van der Waals surface area contributed by atoms with Gasteiger partial charge in [0.15, 0.2) is 0 Å². The predicted octanol–water partition coefficient (Wildman–Crippen LogP) is 2.16. The summed E-state index contributed by atoms with van der Waals surface area (Å²) in [6, 6.07) is 14.8. The van der Waals surface area contributed by atoms with Crippen LogP contribution in [0, 0.1) is 0 Å². The summed E-state index contributed by atoms with van der Waals surface area (Å²) in [4.78, 5) is 11.8. The van der Waals surface area contributed by atoms with Gasteiger partial charge in [-0.15, -0.1) is 0 Å². The fourth-order valence-corrected chi connectivity index (χ4v) is 3.82. The lowest BCUT2D eigenvalue weighted by atomic mass is 10.0. The summed E-state index contributed by atoms with van der Waals surface area (Å²) >= 11 is 0. The zero-order chi connectivity index (χ0) is 20.4. The second kappa shape index (κ2) is 10.8. The van der Waals surface area contributed by atoms with Gasteiger partial charge in [0.2, 0.25) is 10.0 Å². The summed E-state index contributed by atoms with van der Waals surface area (Å²) in [5, 5.41) is 0. The van der Waals surface area contributed by atoms with Crippen LogP contribution >= 0.6 is 0 Å². The second-order valence-corrected chi connectivity index (χ2v) is 7.81. The summed E-state index contributed by atoms with van der Waals surface area (Å²) in [5.41, 5.74) is 0.918. The van der Waals surface area contributed by atoms with Gasteiger partial charge < -0.3 is 14.2 Å². The van der Waals surface area contributed by atoms with Crippen molar-refractivity contribution in [2.45, 2.75) is 23.8 Å². The lowest BCUT2D eigenvalue weighted by Gasteiger charge is -2.18. The molecular formula is C20H25NO6S. The van der Waals surface area contributed by atoms with E-state index in [0.29, 0.717) is 25.4 Å². The maximum atomic E-state index is 12.8. The van der Waals surface area contributed by atoms with Crippen molar-refractivity contribution in [2.24, 2.45) is 0 Å². The van der Waals surface area contributed by atoms with Crippen molar-refractivity contribution in [1.29, 1.82) is 0 Å². The van der Waals surface area contributed by atoms with E-state index in [0.717, 1.165) is 5.56 Å². The molecule has 1 atom stereocenters. The van der Waals surface area contributed by atoms with Crippen LogP contribution in [0.2, 0.25) is 0 Å². The van der Waals surface area contributed by atoms with E-state index in [1.165, 1.54) is 19.2 Å². The van der Waals surface area contributed by atoms with Crippen LogP contribution in [0.15, 0.2) is 59.5 Å². The quantitative estimate of drug-likeness (QED) is 0.453. The van der Waals surface area contributed by atoms with Crippen LogP contribution in [0.3, 0.4) is 0 Å². The van der Waals surface area contributed by atoms with Crippen molar-refractivity contribution in [3.8, 4) is 5.75 Å². The van der Waals surface area contributed by atoms with E-state index in [9.17, 15) is 13.2 Å². The normalized spacial score (nSPS) is 12.4. The highest BCUT2D eigenvalue weighted by Gasteiger charge is 2.23. The van der Waals surface area contributed by atoms with Crippen molar-refractivity contribution in [3.63, 3.8) is 0 Å². The summed E-state index contributed by atoms with van der Waals surface area (Å²) in [6.07, 6.45) is 0.302. The van der Waals surface area contributed by atoms with Gasteiger partial charge in [0.1, 0.15) is 12.4 Å². The van der Waals surface area contributed by atoms with Gasteiger partial charge in [-0.05, 0) is 36.2 Å². The van der Waals surface area contributed by atoms with Gasteiger partial charge >= 0.3 is 5.97 Å². The number of benzene rings is 2. The number of carbonyl (C=O) groups is 1. The van der Waals surface area contributed by atoms with E-state index in [1.54, 1.807) is 19.2 Å². The molecule has 0 aliphatic carbocycles. The number of nitrogens with one attached hydrogen (secondary N) is 1. The molecule has 0 heterocycles. The van der Waals surface area contributed by atoms with Crippen LogP contribution in [0.5, 0.6) is 5.75 Å². The fourth-order valence-electron chi connectivity index (χ4n) is 2.58. The Morgan fingerprint density at radius 1 is 1.00 bits per heavy atom. The van der Waals surface area contributed by atoms with Crippen molar-refractivity contribution in [1.82, 2.24) is 4.72 Å². The van der Waals surface area contributed by atoms with Crippen molar-refractivity contribution >= 4 is 16.0 Å². The Bertz CT molecular complexity index is 837. The second-order valence-electron chi connectivity index (χ2n) is 6.10. The maximum Gasteiger partial charge on any atom is 0.307 e. The lowest BCUT2D eigenvalue weighted by molar-refractivity contribution is -0.141. The number of sulfonamides is 1. The molecule has 0 radical (unpaired) electrons. The van der Waals surface area contributed by atoms with E-state index >= 15 is 0 Å². The first kappa shape index (κ1) is 21.9. The number of hydrogen-bond acceptors (Lipinski definition) is 6. The number of ether oxygens (including phenoxy) is 3. The van der Waals surface area contributed by atoms with Crippen LogP contribution in [0.25, 0.3) is 0 Å². The molecule has 0 saturated heterocycles. The average Bonchev–Trinajstić information content (AvgIpc) is 2.69. The standard InChI is InChI=1S/C20H25NO6S/c1-25-12-13-27-18-8-10-19(11-9-18)28(23,24)21-17(15-20(22)26-2)14-16-6-4-3-5-7-16/h3-11,17,21H,12-15H2,1-2H3/t17-/m0/s1. The van der Waals surface area contributed by atoms with Gasteiger partial charge in [-0.1, -0.05) is 30.3 Å². The van der Waals surface area contributed by atoms with Gasteiger partial charge in [0.25, 0.3) is 0 Å². The molecule has 0 aromatic heterocycles. The third-order valence-corrected chi connectivity index (χ3v) is 5.51. The highest BCUT2D eigenvalue weighted by Crippen LogP contribution is 2.17. The Morgan fingerprint density at radius 2 is 1.68 bits per heavy atom. The monoisotopic (exact) mass is 407 g/mol. The molecule has 0 saturated carbocycles. The summed E-state index contributed by atoms with van der Waals surface area (Å²) < 4.78 is 43.2. The van der Waals surface area contributed by atoms with Crippen LogP contribution in [-0.2, 0) is 30.7 Å². The van der Waals surface area contributed by atoms with Gasteiger partial charge in [-0.25, -0.2) is 13.1 Å². The molecule has 28 heavy (non-hydrogen) atoms. The minimum atomic E-state index is -3.81. The molecule has 0 spiro atoms. The maximum absolute atomic E-state index is 12.8. The molecule has 0 amide bonds. The fraction of sp³-hybridized carbons (Fsp3) is 0.350. The first-order valence-corrected chi connectivity index (χ1v) is 10.3. The summed E-state index contributed by atoms with van der Waals surface area (Å²) in [7, 11) is -0.963. The zero-order valence-corrected chi connectivity index (χ0v) is 16.8. The van der Waals surface area contributed by atoms with Gasteiger partial charge in [0.05, 0.1) is 25.0 Å². The zero-order valence-electron chi connectivity index (χ0n) is 16.0. The van der Waals surface area contributed by atoms with E-state index in [-0.39, 0.29) is 11.3 Å². The van der Waals surface area contributed by atoms with Gasteiger partial charge in [0, 0.05) is 13.2 Å². The van der Waals surface area contributed by atoms with Gasteiger partial charge in [-0.2, -0.15) is 0 Å². The number of methoxy groups -OCH3 is 2. The topological polar surface area (TPSA) is 90.9 Å². The summed E-state index contributed by atoms with van der Waals surface area (Å²) in [5.74, 6) is 0.0666. The van der Waals surface area contributed by atoms with E-state index in [4.69, 9.17) is 14.2 Å². The van der Waals surface area contributed by atoms with E-state index in [1.807, 2.05) is 30.3 Å². The Balaban J connectivity index is 2.11. The van der Waals surface area contributed by atoms with Crippen LogP contribution in [0.1, 0.15) is 12.0 Å². The van der Waals surface area contributed by atoms with Gasteiger partial charge in [-0.3, -0.25) is 4.79 Å². The highest BCUT2D eigenvalue weighted by molar-refractivity contribution is 7.89. The third kappa shape index (κ3) is 6.95. The van der Waals surface area contributed by atoms with E-state index in [2.05, 4.69) is 4.72 Å². The lowest BCUT2D eigenvalue weighted by Crippen LogP contribution is -2.38. The highest BCUT2D eigenvalue weighted by atomic mass is 32.2. The predicted molar refractivity (Wildman–Crippen MR) is 105 cm³/mol. The Hall–Kier alpha value is -2.42. The number of esters is 1. The third-order valence-electron chi connectivity index (χ3n) is 3.98. The SMILES string of the molecule is COCCOc1ccc(S(=O)(=O)N[C@H](CC(=O)OC)Cc2ccccc2)cc1. The number of hydrogen-bond donors (Lipinski definition) is 1. The molecule has 0 fully saturated rings. The molecule has 2 aromatic carbocycles. The first-order valence-electron chi connectivity index (χ1n) is 8.79. The van der Waals surface area contributed by atoms with Crippen LogP contribution in [0.4, 0.5) is 0 Å². The minimum Gasteiger partial charge on any atom is -0.491 e. The van der Waals surface area contributed by atoms with Crippen LogP contribution in [-0.4, -0.2) is 47.9 Å². The Kier molecular flexibility index (Phi) is 8.43.